The van der Waals surface area contributed by atoms with Crippen molar-refractivity contribution in [3.63, 3.8) is 0 Å². The Hall–Kier alpha value is -3.17. The normalized spacial score (nSPS) is 13.5. The molecule has 0 atom stereocenters. The summed E-state index contributed by atoms with van der Waals surface area (Å²) in [5, 5.41) is 6.01. The van der Waals surface area contributed by atoms with Crippen LogP contribution in [0.3, 0.4) is 0 Å². The first-order valence-electron chi connectivity index (χ1n) is 9.79. The van der Waals surface area contributed by atoms with Gasteiger partial charge in [0.05, 0.1) is 0 Å². The number of rotatable bonds is 5. The van der Waals surface area contributed by atoms with Crippen LogP contribution in [0.5, 0.6) is 0 Å². The molecule has 4 heterocycles. The molecule has 1 aliphatic heterocycles. The number of sulfonamides is 1. The number of nitrogens with zero attached hydrogens (tertiary/aromatic N) is 4. The second-order valence-electron chi connectivity index (χ2n) is 7.06. The van der Waals surface area contributed by atoms with Crippen molar-refractivity contribution in [1.29, 1.82) is 0 Å². The minimum absolute atomic E-state index is 0.117. The standard InChI is InChI=1S/C22H19N5O2S2/c28-31(29,19-6-2-9-24-15-19)26-18-5-1-4-17(14-18)21-20(16-7-10-23-11-8-16)22-27(25-21)12-3-13-30-22/h1-2,4-11,14-15,26H,3,12-13H2. The van der Waals surface area contributed by atoms with E-state index in [0.29, 0.717) is 5.69 Å². The Morgan fingerprint density at radius 3 is 2.65 bits per heavy atom. The maximum absolute atomic E-state index is 12.7. The molecular formula is C22H19N5O2S2. The Labute approximate surface area is 184 Å². The molecule has 31 heavy (non-hydrogen) atoms. The number of thioether (sulfide) groups is 1. The Morgan fingerprint density at radius 2 is 1.84 bits per heavy atom. The lowest BCUT2D eigenvalue weighted by atomic mass is 10.0. The van der Waals surface area contributed by atoms with Crippen LogP contribution in [0.2, 0.25) is 0 Å². The molecule has 0 saturated heterocycles. The fourth-order valence-corrected chi connectivity index (χ4v) is 5.68. The van der Waals surface area contributed by atoms with E-state index in [0.717, 1.165) is 46.1 Å². The van der Waals surface area contributed by atoms with Crippen molar-refractivity contribution in [1.82, 2.24) is 19.7 Å². The molecule has 0 bridgehead atoms. The second kappa shape index (κ2) is 8.16. The van der Waals surface area contributed by atoms with E-state index < -0.39 is 10.0 Å². The summed E-state index contributed by atoms with van der Waals surface area (Å²) in [6.07, 6.45) is 7.48. The zero-order valence-electron chi connectivity index (χ0n) is 16.5. The van der Waals surface area contributed by atoms with Crippen LogP contribution in [0, 0.1) is 0 Å². The van der Waals surface area contributed by atoms with Crippen molar-refractivity contribution in [3.05, 3.63) is 73.3 Å². The van der Waals surface area contributed by atoms with Gasteiger partial charge in [-0.3, -0.25) is 19.4 Å². The molecule has 7 nitrogen and oxygen atoms in total. The molecule has 0 fully saturated rings. The van der Waals surface area contributed by atoms with Crippen molar-refractivity contribution in [2.45, 2.75) is 22.9 Å². The Kier molecular flexibility index (Phi) is 5.21. The van der Waals surface area contributed by atoms with E-state index in [1.807, 2.05) is 35.0 Å². The number of fused-ring (bicyclic) bond motifs is 1. The van der Waals surface area contributed by atoms with Crippen LogP contribution in [0.15, 0.2) is 83.2 Å². The Balaban J connectivity index is 1.57. The first-order valence-corrected chi connectivity index (χ1v) is 12.3. The molecule has 0 spiro atoms. The monoisotopic (exact) mass is 449 g/mol. The molecular weight excluding hydrogens is 430 g/mol. The lowest BCUT2D eigenvalue weighted by Gasteiger charge is -2.14. The fourth-order valence-electron chi connectivity index (χ4n) is 3.56. The molecule has 1 N–H and O–H groups in total. The summed E-state index contributed by atoms with van der Waals surface area (Å²) in [4.78, 5) is 8.16. The second-order valence-corrected chi connectivity index (χ2v) is 9.83. The smallest absolute Gasteiger partial charge is 0.263 e. The maximum Gasteiger partial charge on any atom is 0.263 e. The van der Waals surface area contributed by atoms with Gasteiger partial charge in [-0.25, -0.2) is 8.42 Å². The number of hydrogen-bond acceptors (Lipinski definition) is 6. The van der Waals surface area contributed by atoms with Gasteiger partial charge < -0.3 is 0 Å². The first kappa shape index (κ1) is 19.8. The quantitative estimate of drug-likeness (QED) is 0.488. The Morgan fingerprint density at radius 1 is 0.968 bits per heavy atom. The van der Waals surface area contributed by atoms with Crippen molar-refractivity contribution >= 4 is 27.5 Å². The van der Waals surface area contributed by atoms with E-state index in [-0.39, 0.29) is 4.90 Å². The molecule has 1 aromatic carbocycles. The predicted molar refractivity (Wildman–Crippen MR) is 121 cm³/mol. The zero-order valence-corrected chi connectivity index (χ0v) is 18.1. The predicted octanol–water partition coefficient (Wildman–Crippen LogP) is 4.30. The highest BCUT2D eigenvalue weighted by Gasteiger charge is 2.23. The number of pyridine rings is 2. The molecule has 1 aliphatic rings. The molecule has 0 radical (unpaired) electrons. The summed E-state index contributed by atoms with van der Waals surface area (Å²) in [6, 6.07) is 14.4. The first-order chi connectivity index (χ1) is 15.1. The number of aryl methyl sites for hydroxylation is 1. The van der Waals surface area contributed by atoms with Gasteiger partial charge in [0.15, 0.2) is 0 Å². The Bertz CT molecular complexity index is 1320. The number of aromatic nitrogens is 4. The summed E-state index contributed by atoms with van der Waals surface area (Å²) in [5.74, 6) is 1.05. The SMILES string of the molecule is O=S(=O)(Nc1cccc(-c2nn3c(c2-c2ccncc2)SCCC3)c1)c1cccnc1. The molecule has 0 unspecified atom stereocenters. The van der Waals surface area contributed by atoms with Crippen LogP contribution in [-0.4, -0.2) is 33.9 Å². The van der Waals surface area contributed by atoms with E-state index in [9.17, 15) is 8.42 Å². The van der Waals surface area contributed by atoms with Gasteiger partial charge in [-0.2, -0.15) is 5.10 Å². The van der Waals surface area contributed by atoms with E-state index in [2.05, 4.69) is 14.7 Å². The fraction of sp³-hybridized carbons (Fsp3) is 0.136. The molecule has 0 saturated carbocycles. The highest BCUT2D eigenvalue weighted by molar-refractivity contribution is 7.99. The van der Waals surface area contributed by atoms with Crippen molar-refractivity contribution < 1.29 is 8.42 Å². The lowest BCUT2D eigenvalue weighted by molar-refractivity contribution is 0.550. The maximum atomic E-state index is 12.7. The third-order valence-corrected chi connectivity index (χ3v) is 7.51. The average molecular weight is 450 g/mol. The van der Waals surface area contributed by atoms with Crippen LogP contribution in [0.25, 0.3) is 22.4 Å². The minimum atomic E-state index is -3.73. The number of benzene rings is 1. The van der Waals surface area contributed by atoms with Crippen molar-refractivity contribution in [2.75, 3.05) is 10.5 Å². The average Bonchev–Trinajstić information content (AvgIpc) is 3.20. The molecule has 5 rings (SSSR count). The van der Waals surface area contributed by atoms with Gasteiger partial charge in [0, 0.05) is 53.9 Å². The summed E-state index contributed by atoms with van der Waals surface area (Å²) in [6.45, 7) is 0.869. The minimum Gasteiger partial charge on any atom is -0.280 e. The zero-order chi connectivity index (χ0) is 21.3. The molecule has 4 aromatic rings. The van der Waals surface area contributed by atoms with E-state index in [1.54, 1.807) is 42.5 Å². The highest BCUT2D eigenvalue weighted by atomic mass is 32.2. The summed E-state index contributed by atoms with van der Waals surface area (Å²) in [7, 11) is -3.73. The van der Waals surface area contributed by atoms with E-state index in [1.165, 1.54) is 12.3 Å². The number of nitrogens with one attached hydrogen (secondary N) is 1. The van der Waals surface area contributed by atoms with Crippen molar-refractivity contribution in [2.24, 2.45) is 0 Å². The summed E-state index contributed by atoms with van der Waals surface area (Å²) >= 11 is 1.80. The van der Waals surface area contributed by atoms with Gasteiger partial charge in [0.25, 0.3) is 10.0 Å². The molecule has 156 valence electrons. The molecule has 0 aliphatic carbocycles. The van der Waals surface area contributed by atoms with Gasteiger partial charge in [-0.15, -0.1) is 11.8 Å². The summed E-state index contributed by atoms with van der Waals surface area (Å²) in [5.41, 5.74) is 4.25. The van der Waals surface area contributed by atoms with Gasteiger partial charge in [0.2, 0.25) is 0 Å². The van der Waals surface area contributed by atoms with Crippen LogP contribution in [-0.2, 0) is 16.6 Å². The van der Waals surface area contributed by atoms with Gasteiger partial charge in [-0.05, 0) is 48.4 Å². The van der Waals surface area contributed by atoms with Crippen LogP contribution < -0.4 is 4.72 Å². The topological polar surface area (TPSA) is 89.8 Å². The van der Waals surface area contributed by atoms with Crippen molar-refractivity contribution in [3.8, 4) is 22.4 Å². The third-order valence-electron chi connectivity index (χ3n) is 4.96. The van der Waals surface area contributed by atoms with Crippen LogP contribution >= 0.6 is 11.8 Å². The van der Waals surface area contributed by atoms with Gasteiger partial charge in [-0.1, -0.05) is 12.1 Å². The number of hydrogen-bond donors (Lipinski definition) is 1. The number of anilines is 1. The van der Waals surface area contributed by atoms with Gasteiger partial charge >= 0.3 is 0 Å². The van der Waals surface area contributed by atoms with E-state index in [4.69, 9.17) is 5.10 Å². The van der Waals surface area contributed by atoms with E-state index >= 15 is 0 Å². The highest BCUT2D eigenvalue weighted by Crippen LogP contribution is 2.41. The third kappa shape index (κ3) is 3.94. The van der Waals surface area contributed by atoms with Crippen LogP contribution in [0.1, 0.15) is 6.42 Å². The molecule has 9 heteroatoms. The molecule has 3 aromatic heterocycles. The summed E-state index contributed by atoms with van der Waals surface area (Å²) < 4.78 is 30.1. The largest absolute Gasteiger partial charge is 0.280 e. The lowest BCUT2D eigenvalue weighted by Crippen LogP contribution is -2.13. The van der Waals surface area contributed by atoms with Crippen LogP contribution in [0.4, 0.5) is 5.69 Å². The molecule has 0 amide bonds. The van der Waals surface area contributed by atoms with Gasteiger partial charge in [0.1, 0.15) is 15.6 Å².